The van der Waals surface area contributed by atoms with Gasteiger partial charge in [-0.1, -0.05) is 13.8 Å². The Balaban J connectivity index is 0.00000116. The topological polar surface area (TPSA) is 52.6 Å². The highest BCUT2D eigenvalue weighted by atomic mass is 16.5. The van der Waals surface area contributed by atoms with Gasteiger partial charge in [-0.2, -0.15) is 0 Å². The number of ketones is 2. The number of hydrogen-bond acceptors (Lipinski definition) is 4. The number of benzene rings is 2. The molecule has 4 nitrogen and oxygen atoms in total. The van der Waals surface area contributed by atoms with Crippen molar-refractivity contribution in [2.24, 2.45) is 0 Å². The van der Waals surface area contributed by atoms with Gasteiger partial charge < -0.3 is 9.47 Å². The van der Waals surface area contributed by atoms with E-state index in [0.29, 0.717) is 22.6 Å². The molecule has 116 valence electrons. The summed E-state index contributed by atoms with van der Waals surface area (Å²) < 4.78 is 10.0. The van der Waals surface area contributed by atoms with E-state index in [4.69, 9.17) is 9.47 Å². The van der Waals surface area contributed by atoms with Crippen molar-refractivity contribution < 1.29 is 19.1 Å². The van der Waals surface area contributed by atoms with Gasteiger partial charge in [-0.15, -0.1) is 0 Å². The third kappa shape index (κ3) is 4.19. The summed E-state index contributed by atoms with van der Waals surface area (Å²) in [6.07, 6.45) is 0. The van der Waals surface area contributed by atoms with Crippen LogP contribution in [0.4, 0.5) is 0 Å². The van der Waals surface area contributed by atoms with Crippen molar-refractivity contribution in [1.29, 1.82) is 0 Å². The van der Waals surface area contributed by atoms with Gasteiger partial charge in [0.05, 0.1) is 14.2 Å². The van der Waals surface area contributed by atoms with Crippen molar-refractivity contribution in [2.45, 2.75) is 13.8 Å². The van der Waals surface area contributed by atoms with Crippen LogP contribution in [0.2, 0.25) is 0 Å². The fraction of sp³-hybridized carbons (Fsp3) is 0.222. The number of carbonyl (C=O) groups excluding carboxylic acids is 2. The predicted octanol–water partition coefficient (Wildman–Crippen LogP) is 3.80. The highest BCUT2D eigenvalue weighted by molar-refractivity contribution is 6.49. The quantitative estimate of drug-likeness (QED) is 0.622. The summed E-state index contributed by atoms with van der Waals surface area (Å²) in [5.41, 5.74) is 0.679. The minimum absolute atomic E-state index is 0.339. The largest absolute Gasteiger partial charge is 0.497 e. The van der Waals surface area contributed by atoms with Gasteiger partial charge in [-0.25, -0.2) is 0 Å². The van der Waals surface area contributed by atoms with Crippen LogP contribution in [0.5, 0.6) is 11.5 Å². The Morgan fingerprint density at radius 3 is 1.14 bits per heavy atom. The lowest BCUT2D eigenvalue weighted by Crippen LogP contribution is -2.14. The SMILES string of the molecule is CC.COc1ccc(C(=O)C(=O)c2ccc(OC)cc2)cc1. The highest BCUT2D eigenvalue weighted by Crippen LogP contribution is 2.16. The number of Topliss-reactive ketones (excluding diaryl/α,β-unsaturated/α-hetero) is 2. The summed E-state index contributed by atoms with van der Waals surface area (Å²) in [4.78, 5) is 24.2. The molecule has 2 aromatic rings. The molecule has 0 heterocycles. The molecule has 0 atom stereocenters. The molecular formula is C18H20O4. The fourth-order valence-corrected chi connectivity index (χ4v) is 1.75. The van der Waals surface area contributed by atoms with E-state index in [0.717, 1.165) is 0 Å². The number of methoxy groups -OCH3 is 2. The highest BCUT2D eigenvalue weighted by Gasteiger charge is 2.18. The average Bonchev–Trinajstić information content (AvgIpc) is 2.62. The van der Waals surface area contributed by atoms with Crippen molar-refractivity contribution in [3.05, 3.63) is 59.7 Å². The van der Waals surface area contributed by atoms with Crippen LogP contribution in [-0.4, -0.2) is 25.8 Å². The summed E-state index contributed by atoms with van der Waals surface area (Å²) in [6, 6.07) is 12.9. The maximum atomic E-state index is 12.1. The van der Waals surface area contributed by atoms with E-state index in [1.165, 1.54) is 0 Å². The summed E-state index contributed by atoms with van der Waals surface area (Å²) in [7, 11) is 3.08. The van der Waals surface area contributed by atoms with Crippen molar-refractivity contribution >= 4 is 11.6 Å². The number of ether oxygens (including phenoxy) is 2. The Hall–Kier alpha value is -2.62. The normalized spacial score (nSPS) is 9.27. The lowest BCUT2D eigenvalue weighted by Gasteiger charge is -2.04. The molecule has 0 N–H and O–H groups in total. The van der Waals surface area contributed by atoms with Gasteiger partial charge in [-0.05, 0) is 48.5 Å². The molecular weight excluding hydrogens is 280 g/mol. The third-order valence-electron chi connectivity index (χ3n) is 2.91. The van der Waals surface area contributed by atoms with Gasteiger partial charge in [0.15, 0.2) is 0 Å². The van der Waals surface area contributed by atoms with Crippen molar-refractivity contribution in [3.63, 3.8) is 0 Å². The van der Waals surface area contributed by atoms with E-state index in [1.807, 2.05) is 13.8 Å². The van der Waals surface area contributed by atoms with Crippen LogP contribution < -0.4 is 9.47 Å². The zero-order chi connectivity index (χ0) is 16.5. The molecule has 0 aliphatic heterocycles. The molecule has 0 spiro atoms. The molecule has 4 heteroatoms. The molecule has 2 aromatic carbocycles. The third-order valence-corrected chi connectivity index (χ3v) is 2.91. The van der Waals surface area contributed by atoms with Crippen LogP contribution in [0.1, 0.15) is 34.6 Å². The number of rotatable bonds is 5. The zero-order valence-electron chi connectivity index (χ0n) is 13.3. The molecule has 0 unspecified atom stereocenters. The fourth-order valence-electron chi connectivity index (χ4n) is 1.75. The molecule has 0 amide bonds. The van der Waals surface area contributed by atoms with Crippen LogP contribution in [0.15, 0.2) is 48.5 Å². The van der Waals surface area contributed by atoms with Crippen LogP contribution in [0, 0.1) is 0 Å². The van der Waals surface area contributed by atoms with Gasteiger partial charge in [-0.3, -0.25) is 9.59 Å². The second-order valence-corrected chi connectivity index (χ2v) is 4.12. The van der Waals surface area contributed by atoms with E-state index in [9.17, 15) is 9.59 Å². The van der Waals surface area contributed by atoms with Gasteiger partial charge in [0.1, 0.15) is 11.5 Å². The zero-order valence-corrected chi connectivity index (χ0v) is 13.3. The van der Waals surface area contributed by atoms with Gasteiger partial charge in [0, 0.05) is 11.1 Å². The molecule has 0 bridgehead atoms. The van der Waals surface area contributed by atoms with Crippen LogP contribution in [0.3, 0.4) is 0 Å². The average molecular weight is 300 g/mol. The van der Waals surface area contributed by atoms with Crippen molar-refractivity contribution in [2.75, 3.05) is 14.2 Å². The number of hydrogen-bond donors (Lipinski definition) is 0. The monoisotopic (exact) mass is 300 g/mol. The molecule has 0 fully saturated rings. The number of carbonyl (C=O) groups is 2. The Bertz CT molecular complexity index is 555. The molecule has 22 heavy (non-hydrogen) atoms. The lowest BCUT2D eigenvalue weighted by atomic mass is 10.0. The first-order valence-electron chi connectivity index (χ1n) is 7.03. The standard InChI is InChI=1S/C16H14O4.C2H6/c1-19-13-7-3-11(4-8-13)15(17)16(18)12-5-9-14(20-2)10-6-12;1-2/h3-10H,1-2H3;1-2H3. The van der Waals surface area contributed by atoms with Crippen LogP contribution in [-0.2, 0) is 0 Å². The summed E-state index contributed by atoms with van der Waals surface area (Å²) in [5, 5.41) is 0. The molecule has 0 radical (unpaired) electrons. The van der Waals surface area contributed by atoms with E-state index in [2.05, 4.69) is 0 Å². The van der Waals surface area contributed by atoms with Crippen molar-refractivity contribution in [3.8, 4) is 11.5 Å². The smallest absolute Gasteiger partial charge is 0.233 e. The maximum absolute atomic E-state index is 12.1. The van der Waals surface area contributed by atoms with E-state index < -0.39 is 11.6 Å². The second kappa shape index (κ2) is 8.62. The Morgan fingerprint density at radius 2 is 0.909 bits per heavy atom. The summed E-state index contributed by atoms with van der Waals surface area (Å²) >= 11 is 0. The first kappa shape index (κ1) is 17.4. The van der Waals surface area contributed by atoms with Crippen LogP contribution >= 0.6 is 0 Å². The predicted molar refractivity (Wildman–Crippen MR) is 86.0 cm³/mol. The maximum Gasteiger partial charge on any atom is 0.233 e. The minimum Gasteiger partial charge on any atom is -0.497 e. The van der Waals surface area contributed by atoms with Gasteiger partial charge in [0.25, 0.3) is 0 Å². The lowest BCUT2D eigenvalue weighted by molar-refractivity contribution is 0.0817. The Labute approximate surface area is 130 Å². The molecule has 0 aliphatic carbocycles. The Kier molecular flexibility index (Phi) is 6.83. The van der Waals surface area contributed by atoms with Gasteiger partial charge >= 0.3 is 0 Å². The van der Waals surface area contributed by atoms with Crippen molar-refractivity contribution in [1.82, 2.24) is 0 Å². The molecule has 2 rings (SSSR count). The molecule has 0 saturated carbocycles. The minimum atomic E-state index is -0.544. The molecule has 0 aromatic heterocycles. The van der Waals surface area contributed by atoms with E-state index in [1.54, 1.807) is 62.8 Å². The first-order valence-corrected chi connectivity index (χ1v) is 7.03. The molecule has 0 saturated heterocycles. The van der Waals surface area contributed by atoms with E-state index in [-0.39, 0.29) is 0 Å². The summed E-state index contributed by atoms with van der Waals surface area (Å²) in [5.74, 6) is 0.188. The Morgan fingerprint density at radius 1 is 0.636 bits per heavy atom. The van der Waals surface area contributed by atoms with Gasteiger partial charge in [0.2, 0.25) is 11.6 Å². The van der Waals surface area contributed by atoms with Crippen LogP contribution in [0.25, 0.3) is 0 Å². The molecule has 0 aliphatic rings. The second-order valence-electron chi connectivity index (χ2n) is 4.12. The van der Waals surface area contributed by atoms with E-state index >= 15 is 0 Å². The first-order chi connectivity index (χ1) is 10.7. The summed E-state index contributed by atoms with van der Waals surface area (Å²) in [6.45, 7) is 4.00.